The fourth-order valence-electron chi connectivity index (χ4n) is 1.83. The maximum atomic E-state index is 5.76. The Morgan fingerprint density at radius 2 is 2.00 bits per heavy atom. The normalized spacial score (nSPS) is 17.7. The molecule has 82 valence electrons. The van der Waals surface area contributed by atoms with E-state index >= 15 is 0 Å². The van der Waals surface area contributed by atoms with Crippen LogP contribution in [0.3, 0.4) is 0 Å². The fourth-order valence-corrected chi connectivity index (χ4v) is 2.01. The van der Waals surface area contributed by atoms with Gasteiger partial charge in [-0.2, -0.15) is 4.98 Å². The molecule has 0 saturated heterocycles. The van der Waals surface area contributed by atoms with Gasteiger partial charge in [0.05, 0.1) is 0 Å². The molecule has 0 aliphatic heterocycles. The number of rotatable bonds is 2. The van der Waals surface area contributed by atoms with Crippen LogP contribution >= 0.6 is 11.6 Å². The van der Waals surface area contributed by atoms with E-state index < -0.39 is 0 Å². The van der Waals surface area contributed by atoms with Crippen LogP contribution in [0.5, 0.6) is 5.88 Å². The maximum Gasteiger partial charge on any atom is 0.224 e. The average molecular weight is 228 g/mol. The van der Waals surface area contributed by atoms with E-state index in [1.807, 2.05) is 0 Å². The number of nitrogens with two attached hydrogens (primary N) is 1. The molecule has 0 unspecified atom stereocenters. The molecule has 1 aliphatic rings. The molecule has 1 aromatic heterocycles. The Balaban J connectivity index is 2.02. The third kappa shape index (κ3) is 2.96. The summed E-state index contributed by atoms with van der Waals surface area (Å²) < 4.78 is 5.70. The van der Waals surface area contributed by atoms with Gasteiger partial charge >= 0.3 is 0 Å². The Bertz CT molecular complexity index is 319. The summed E-state index contributed by atoms with van der Waals surface area (Å²) in [6.45, 7) is 0. The second-order valence-electron chi connectivity index (χ2n) is 3.76. The lowest BCUT2D eigenvalue weighted by molar-refractivity contribution is 0.148. The average Bonchev–Trinajstić information content (AvgIpc) is 2.17. The van der Waals surface area contributed by atoms with Crippen LogP contribution in [0, 0.1) is 0 Å². The monoisotopic (exact) mass is 227 g/mol. The minimum Gasteiger partial charge on any atom is -0.474 e. The molecule has 1 aromatic rings. The Hall–Kier alpha value is -1.03. The first-order valence-electron chi connectivity index (χ1n) is 5.21. The largest absolute Gasteiger partial charge is 0.474 e. The molecule has 2 N–H and O–H groups in total. The summed E-state index contributed by atoms with van der Waals surface area (Å²) in [4.78, 5) is 7.77. The molecule has 0 aromatic carbocycles. The predicted molar refractivity (Wildman–Crippen MR) is 59.0 cm³/mol. The number of hydrogen-bond acceptors (Lipinski definition) is 4. The van der Waals surface area contributed by atoms with Gasteiger partial charge in [0.1, 0.15) is 11.3 Å². The van der Waals surface area contributed by atoms with Crippen molar-refractivity contribution >= 4 is 17.5 Å². The van der Waals surface area contributed by atoms with E-state index in [0.29, 0.717) is 11.0 Å². The topological polar surface area (TPSA) is 61.0 Å². The van der Waals surface area contributed by atoms with Gasteiger partial charge in [-0.1, -0.05) is 18.0 Å². The van der Waals surface area contributed by atoms with Gasteiger partial charge in [0.15, 0.2) is 0 Å². The molecule has 0 amide bonds. The van der Waals surface area contributed by atoms with Crippen LogP contribution in [0.15, 0.2) is 6.07 Å². The van der Waals surface area contributed by atoms with Gasteiger partial charge in [0.25, 0.3) is 0 Å². The van der Waals surface area contributed by atoms with Crippen molar-refractivity contribution in [2.45, 2.75) is 38.2 Å². The van der Waals surface area contributed by atoms with Gasteiger partial charge in [-0.15, -0.1) is 0 Å². The van der Waals surface area contributed by atoms with Crippen molar-refractivity contribution in [1.29, 1.82) is 0 Å². The molecule has 4 nitrogen and oxygen atoms in total. The SMILES string of the molecule is Nc1nc(Cl)cc(OC2CCCCC2)n1. The Morgan fingerprint density at radius 1 is 1.27 bits per heavy atom. The highest BCUT2D eigenvalue weighted by atomic mass is 35.5. The van der Waals surface area contributed by atoms with E-state index in [-0.39, 0.29) is 12.1 Å². The van der Waals surface area contributed by atoms with Crippen LogP contribution in [0.25, 0.3) is 0 Å². The summed E-state index contributed by atoms with van der Waals surface area (Å²) in [6.07, 6.45) is 6.16. The Morgan fingerprint density at radius 3 is 2.67 bits per heavy atom. The lowest BCUT2D eigenvalue weighted by Gasteiger charge is -2.22. The molecule has 1 fully saturated rings. The van der Waals surface area contributed by atoms with Gasteiger partial charge in [0, 0.05) is 6.07 Å². The van der Waals surface area contributed by atoms with Crippen molar-refractivity contribution in [3.05, 3.63) is 11.2 Å². The zero-order chi connectivity index (χ0) is 10.7. The van der Waals surface area contributed by atoms with Crippen LogP contribution in [0.2, 0.25) is 5.15 Å². The predicted octanol–water partition coefficient (Wildman–Crippen LogP) is 2.42. The molecule has 2 rings (SSSR count). The Labute approximate surface area is 93.8 Å². The minimum atomic E-state index is 0.160. The second-order valence-corrected chi connectivity index (χ2v) is 4.15. The summed E-state index contributed by atoms with van der Waals surface area (Å²) in [7, 11) is 0. The third-order valence-corrected chi connectivity index (χ3v) is 2.72. The van der Waals surface area contributed by atoms with E-state index in [2.05, 4.69) is 9.97 Å². The molecule has 0 radical (unpaired) electrons. The lowest BCUT2D eigenvalue weighted by Crippen LogP contribution is -2.20. The summed E-state index contributed by atoms with van der Waals surface area (Å²) in [6, 6.07) is 1.60. The highest BCUT2D eigenvalue weighted by molar-refractivity contribution is 6.29. The van der Waals surface area contributed by atoms with Crippen molar-refractivity contribution in [3.8, 4) is 5.88 Å². The standard InChI is InChI=1S/C10H14ClN3O/c11-8-6-9(14-10(12)13-8)15-7-4-2-1-3-5-7/h6-7H,1-5H2,(H2,12,13,14). The highest BCUT2D eigenvalue weighted by Gasteiger charge is 2.15. The van der Waals surface area contributed by atoms with Gasteiger partial charge in [-0.25, -0.2) is 4.98 Å². The summed E-state index contributed by atoms with van der Waals surface area (Å²) in [5, 5.41) is 0.327. The number of hydrogen-bond donors (Lipinski definition) is 1. The quantitative estimate of drug-likeness (QED) is 0.789. The number of nitrogens with zero attached hydrogens (tertiary/aromatic N) is 2. The van der Waals surface area contributed by atoms with Gasteiger partial charge in [-0.05, 0) is 25.7 Å². The number of ether oxygens (including phenoxy) is 1. The molecule has 0 spiro atoms. The van der Waals surface area contributed by atoms with Crippen molar-refractivity contribution in [2.24, 2.45) is 0 Å². The molecule has 1 aliphatic carbocycles. The number of halogens is 1. The molecule has 0 atom stereocenters. The number of anilines is 1. The van der Waals surface area contributed by atoms with Crippen LogP contribution in [-0.4, -0.2) is 16.1 Å². The van der Waals surface area contributed by atoms with E-state index in [1.54, 1.807) is 6.07 Å². The first-order valence-corrected chi connectivity index (χ1v) is 5.58. The van der Waals surface area contributed by atoms with Gasteiger partial charge in [0.2, 0.25) is 11.8 Å². The molecule has 0 bridgehead atoms. The zero-order valence-corrected chi connectivity index (χ0v) is 9.20. The smallest absolute Gasteiger partial charge is 0.224 e. The minimum absolute atomic E-state index is 0.160. The molecule has 1 heterocycles. The number of aromatic nitrogens is 2. The maximum absolute atomic E-state index is 5.76. The molecular formula is C10H14ClN3O. The van der Waals surface area contributed by atoms with Crippen molar-refractivity contribution in [2.75, 3.05) is 5.73 Å². The van der Waals surface area contributed by atoms with E-state index in [0.717, 1.165) is 12.8 Å². The molecular weight excluding hydrogens is 214 g/mol. The highest BCUT2D eigenvalue weighted by Crippen LogP contribution is 2.23. The fraction of sp³-hybridized carbons (Fsp3) is 0.600. The lowest BCUT2D eigenvalue weighted by atomic mass is 9.98. The van der Waals surface area contributed by atoms with Gasteiger partial charge in [-0.3, -0.25) is 0 Å². The van der Waals surface area contributed by atoms with E-state index in [4.69, 9.17) is 22.1 Å². The molecule has 15 heavy (non-hydrogen) atoms. The van der Waals surface area contributed by atoms with Crippen molar-refractivity contribution < 1.29 is 4.74 Å². The van der Waals surface area contributed by atoms with Crippen molar-refractivity contribution in [1.82, 2.24) is 9.97 Å². The number of nitrogen functional groups attached to an aromatic ring is 1. The van der Waals surface area contributed by atoms with Crippen molar-refractivity contribution in [3.63, 3.8) is 0 Å². The molecule has 1 saturated carbocycles. The molecule has 5 heteroatoms. The first-order chi connectivity index (χ1) is 7.24. The van der Waals surface area contributed by atoms with Crippen LogP contribution in [-0.2, 0) is 0 Å². The van der Waals surface area contributed by atoms with Crippen LogP contribution < -0.4 is 10.5 Å². The third-order valence-electron chi connectivity index (χ3n) is 2.53. The van der Waals surface area contributed by atoms with Crippen LogP contribution in [0.1, 0.15) is 32.1 Å². The first kappa shape index (κ1) is 10.5. The summed E-state index contributed by atoms with van der Waals surface area (Å²) in [5.74, 6) is 0.646. The second kappa shape index (κ2) is 4.66. The van der Waals surface area contributed by atoms with E-state index in [1.165, 1.54) is 19.3 Å². The van der Waals surface area contributed by atoms with E-state index in [9.17, 15) is 0 Å². The van der Waals surface area contributed by atoms with Gasteiger partial charge < -0.3 is 10.5 Å². The van der Waals surface area contributed by atoms with Crippen LogP contribution in [0.4, 0.5) is 5.95 Å². The zero-order valence-electron chi connectivity index (χ0n) is 8.45. The summed E-state index contributed by atoms with van der Waals surface area (Å²) in [5.41, 5.74) is 5.48. The Kier molecular flexibility index (Phi) is 3.26. The summed E-state index contributed by atoms with van der Waals surface area (Å²) >= 11 is 5.76.